The van der Waals surface area contributed by atoms with Crippen LogP contribution in [0.3, 0.4) is 0 Å². The third kappa shape index (κ3) is 3.29. The van der Waals surface area contributed by atoms with Gasteiger partial charge in [-0.2, -0.15) is 0 Å². The van der Waals surface area contributed by atoms with Crippen molar-refractivity contribution < 1.29 is 9.59 Å². The third-order valence-electron chi connectivity index (χ3n) is 4.43. The molecule has 0 aromatic carbocycles. The van der Waals surface area contributed by atoms with Crippen molar-refractivity contribution in [1.29, 1.82) is 0 Å². The first-order valence-corrected chi connectivity index (χ1v) is 8.00. The third-order valence-corrected chi connectivity index (χ3v) is 4.43. The molecular weight excluding hydrogens is 294 g/mol. The van der Waals surface area contributed by atoms with Crippen LogP contribution in [0.5, 0.6) is 0 Å². The van der Waals surface area contributed by atoms with Crippen molar-refractivity contribution in [2.45, 2.75) is 19.4 Å². The standard InChI is InChI=1S/C16H23N5O2/c1-16(2)14(22)21(15(23)18-16)12-9-19-7-10-20(11-8-19)13-5-3-4-6-17-13/h3-6H,7-12H2,1-2H3,(H,18,23). The van der Waals surface area contributed by atoms with Crippen molar-refractivity contribution in [2.24, 2.45) is 0 Å². The zero-order valence-electron chi connectivity index (χ0n) is 13.7. The number of urea groups is 1. The Bertz CT molecular complexity index is 581. The predicted molar refractivity (Wildman–Crippen MR) is 87.2 cm³/mol. The van der Waals surface area contributed by atoms with Gasteiger partial charge in [0.2, 0.25) is 0 Å². The summed E-state index contributed by atoms with van der Waals surface area (Å²) < 4.78 is 0. The summed E-state index contributed by atoms with van der Waals surface area (Å²) >= 11 is 0. The molecule has 3 rings (SSSR count). The molecule has 2 saturated heterocycles. The summed E-state index contributed by atoms with van der Waals surface area (Å²) in [6.07, 6.45) is 1.81. The average Bonchev–Trinajstić information content (AvgIpc) is 2.75. The number of anilines is 1. The highest BCUT2D eigenvalue weighted by Crippen LogP contribution is 2.17. The van der Waals surface area contributed by atoms with E-state index in [4.69, 9.17) is 0 Å². The number of piperazine rings is 1. The number of imide groups is 1. The molecule has 0 aliphatic carbocycles. The summed E-state index contributed by atoms with van der Waals surface area (Å²) in [7, 11) is 0. The Labute approximate surface area is 136 Å². The van der Waals surface area contributed by atoms with Crippen molar-refractivity contribution in [3.8, 4) is 0 Å². The number of hydrogen-bond acceptors (Lipinski definition) is 5. The molecule has 2 aliphatic heterocycles. The van der Waals surface area contributed by atoms with Gasteiger partial charge in [0.15, 0.2) is 0 Å². The fraction of sp³-hybridized carbons (Fsp3) is 0.562. The number of aromatic nitrogens is 1. The summed E-state index contributed by atoms with van der Waals surface area (Å²) in [5.74, 6) is 0.859. The van der Waals surface area contributed by atoms with Crippen LogP contribution in [0.4, 0.5) is 10.6 Å². The Hall–Kier alpha value is -2.15. The average molecular weight is 317 g/mol. The maximum absolute atomic E-state index is 12.2. The molecule has 0 bridgehead atoms. The second-order valence-corrected chi connectivity index (χ2v) is 6.53. The van der Waals surface area contributed by atoms with E-state index in [0.29, 0.717) is 13.1 Å². The quantitative estimate of drug-likeness (QED) is 0.821. The molecule has 1 N–H and O–H groups in total. The van der Waals surface area contributed by atoms with Crippen LogP contribution in [-0.4, -0.2) is 71.5 Å². The lowest BCUT2D eigenvalue weighted by Gasteiger charge is -2.35. The lowest BCUT2D eigenvalue weighted by molar-refractivity contribution is -0.130. The van der Waals surface area contributed by atoms with Crippen molar-refractivity contribution in [3.63, 3.8) is 0 Å². The molecule has 3 amide bonds. The Morgan fingerprint density at radius 3 is 2.43 bits per heavy atom. The largest absolute Gasteiger partial charge is 0.354 e. The number of carbonyl (C=O) groups is 2. The molecule has 2 fully saturated rings. The minimum atomic E-state index is -0.783. The van der Waals surface area contributed by atoms with E-state index in [-0.39, 0.29) is 11.9 Å². The number of rotatable bonds is 4. The minimum Gasteiger partial charge on any atom is -0.354 e. The maximum atomic E-state index is 12.2. The summed E-state index contributed by atoms with van der Waals surface area (Å²) in [5.41, 5.74) is -0.783. The zero-order valence-corrected chi connectivity index (χ0v) is 13.7. The van der Waals surface area contributed by atoms with E-state index in [1.54, 1.807) is 20.0 Å². The van der Waals surface area contributed by atoms with Gasteiger partial charge in [-0.25, -0.2) is 9.78 Å². The lowest BCUT2D eigenvalue weighted by Crippen LogP contribution is -2.49. The summed E-state index contributed by atoms with van der Waals surface area (Å²) in [6, 6.07) is 5.64. The van der Waals surface area contributed by atoms with Gasteiger partial charge in [0.05, 0.1) is 0 Å². The van der Waals surface area contributed by atoms with E-state index < -0.39 is 5.54 Å². The Balaban J connectivity index is 1.48. The Morgan fingerprint density at radius 1 is 1.13 bits per heavy atom. The number of pyridine rings is 1. The molecule has 0 saturated carbocycles. The number of nitrogens with one attached hydrogen (secondary N) is 1. The molecule has 7 nitrogen and oxygen atoms in total. The van der Waals surface area contributed by atoms with E-state index in [9.17, 15) is 9.59 Å². The first-order chi connectivity index (χ1) is 11.0. The van der Waals surface area contributed by atoms with Crippen molar-refractivity contribution in [3.05, 3.63) is 24.4 Å². The molecule has 2 aliphatic rings. The second-order valence-electron chi connectivity index (χ2n) is 6.53. The van der Waals surface area contributed by atoms with E-state index >= 15 is 0 Å². The molecule has 0 unspecified atom stereocenters. The van der Waals surface area contributed by atoms with E-state index in [0.717, 1.165) is 32.0 Å². The van der Waals surface area contributed by atoms with Gasteiger partial charge in [-0.05, 0) is 26.0 Å². The van der Waals surface area contributed by atoms with Crippen LogP contribution >= 0.6 is 0 Å². The molecule has 124 valence electrons. The van der Waals surface area contributed by atoms with Gasteiger partial charge >= 0.3 is 6.03 Å². The highest BCUT2D eigenvalue weighted by atomic mass is 16.2. The van der Waals surface area contributed by atoms with E-state index in [2.05, 4.69) is 20.1 Å². The molecule has 7 heteroatoms. The minimum absolute atomic E-state index is 0.144. The molecule has 1 aromatic heterocycles. The fourth-order valence-corrected chi connectivity index (χ4v) is 3.00. The van der Waals surface area contributed by atoms with Gasteiger partial charge < -0.3 is 10.2 Å². The van der Waals surface area contributed by atoms with Gasteiger partial charge in [0.1, 0.15) is 11.4 Å². The highest BCUT2D eigenvalue weighted by Gasteiger charge is 2.44. The molecule has 1 aromatic rings. The molecule has 23 heavy (non-hydrogen) atoms. The fourth-order valence-electron chi connectivity index (χ4n) is 3.00. The van der Waals surface area contributed by atoms with Gasteiger partial charge in [-0.15, -0.1) is 0 Å². The molecule has 0 radical (unpaired) electrons. The molecular formula is C16H23N5O2. The van der Waals surface area contributed by atoms with Crippen molar-refractivity contribution in [2.75, 3.05) is 44.2 Å². The Kier molecular flexibility index (Phi) is 4.21. The van der Waals surface area contributed by atoms with Crippen LogP contribution in [0.1, 0.15) is 13.8 Å². The summed E-state index contributed by atoms with van der Waals surface area (Å²) in [4.78, 5) is 34.3. The topological polar surface area (TPSA) is 68.8 Å². The molecule has 3 heterocycles. The Morgan fingerprint density at radius 2 is 1.87 bits per heavy atom. The van der Waals surface area contributed by atoms with Crippen LogP contribution < -0.4 is 10.2 Å². The van der Waals surface area contributed by atoms with Gasteiger partial charge in [0.25, 0.3) is 5.91 Å². The zero-order chi connectivity index (χ0) is 16.4. The monoisotopic (exact) mass is 317 g/mol. The summed E-state index contributed by atoms with van der Waals surface area (Å²) in [5, 5.41) is 2.71. The van der Waals surface area contributed by atoms with Gasteiger partial charge in [-0.1, -0.05) is 6.07 Å². The van der Waals surface area contributed by atoms with Gasteiger partial charge in [0, 0.05) is 45.5 Å². The van der Waals surface area contributed by atoms with Crippen LogP contribution in [0.15, 0.2) is 24.4 Å². The van der Waals surface area contributed by atoms with E-state index in [1.807, 2.05) is 18.2 Å². The van der Waals surface area contributed by atoms with Crippen molar-refractivity contribution in [1.82, 2.24) is 20.1 Å². The predicted octanol–water partition coefficient (Wildman–Crippen LogP) is 0.534. The number of carbonyl (C=O) groups excluding carboxylic acids is 2. The van der Waals surface area contributed by atoms with Crippen LogP contribution in [0, 0.1) is 0 Å². The SMILES string of the molecule is CC1(C)NC(=O)N(CCN2CCN(c3ccccn3)CC2)C1=O. The van der Waals surface area contributed by atoms with Crippen molar-refractivity contribution >= 4 is 17.8 Å². The number of hydrogen-bond donors (Lipinski definition) is 1. The van der Waals surface area contributed by atoms with Gasteiger partial charge in [-0.3, -0.25) is 14.6 Å². The summed E-state index contributed by atoms with van der Waals surface area (Å²) in [6.45, 7) is 8.25. The number of nitrogens with zero attached hydrogens (tertiary/aromatic N) is 4. The van der Waals surface area contributed by atoms with Crippen LogP contribution in [0.25, 0.3) is 0 Å². The highest BCUT2D eigenvalue weighted by molar-refractivity contribution is 6.06. The van der Waals surface area contributed by atoms with Crippen LogP contribution in [0.2, 0.25) is 0 Å². The van der Waals surface area contributed by atoms with E-state index in [1.165, 1.54) is 4.90 Å². The maximum Gasteiger partial charge on any atom is 0.325 e. The molecule has 0 atom stereocenters. The first-order valence-electron chi connectivity index (χ1n) is 8.00. The smallest absolute Gasteiger partial charge is 0.325 e. The normalized spacial score (nSPS) is 21.7. The lowest BCUT2D eigenvalue weighted by atomic mass is 10.1. The second kappa shape index (κ2) is 6.16. The number of amides is 3. The van der Waals surface area contributed by atoms with Crippen LogP contribution in [-0.2, 0) is 4.79 Å². The first kappa shape index (κ1) is 15.7. The molecule has 0 spiro atoms.